The fourth-order valence-corrected chi connectivity index (χ4v) is 3.30. The minimum absolute atomic E-state index is 0.192. The van der Waals surface area contributed by atoms with Crippen LogP contribution < -0.4 is 10.6 Å². The smallest absolute Gasteiger partial charge is 0.287 e. The van der Waals surface area contributed by atoms with Gasteiger partial charge in [-0.2, -0.15) is 0 Å². The third-order valence-corrected chi connectivity index (χ3v) is 4.90. The topological polar surface area (TPSA) is 76.0 Å². The fourth-order valence-electron chi connectivity index (χ4n) is 3.12. The number of carbonyl (C=O) groups is 2. The Hall–Kier alpha value is -2.34. The molecule has 0 radical (unpaired) electrons. The van der Waals surface area contributed by atoms with E-state index in [1.54, 1.807) is 24.3 Å². The molecule has 1 aliphatic heterocycles. The lowest BCUT2D eigenvalue weighted by Gasteiger charge is -2.17. The van der Waals surface area contributed by atoms with Crippen molar-refractivity contribution in [3.8, 4) is 0 Å². The highest BCUT2D eigenvalue weighted by molar-refractivity contribution is 6.33. The van der Waals surface area contributed by atoms with E-state index in [0.717, 1.165) is 44.3 Å². The Bertz CT molecular complexity index is 842. The van der Waals surface area contributed by atoms with Crippen LogP contribution >= 0.6 is 11.6 Å². The molecule has 130 valence electrons. The van der Waals surface area contributed by atoms with E-state index in [-0.39, 0.29) is 17.9 Å². The maximum Gasteiger partial charge on any atom is 0.287 e. The van der Waals surface area contributed by atoms with Crippen LogP contribution in [0, 0.1) is 0 Å². The van der Waals surface area contributed by atoms with Crippen molar-refractivity contribution < 1.29 is 9.59 Å². The van der Waals surface area contributed by atoms with Crippen molar-refractivity contribution in [1.82, 2.24) is 14.9 Å². The normalized spacial score (nSPS) is 16.2. The van der Waals surface area contributed by atoms with Gasteiger partial charge in [0.1, 0.15) is 0 Å². The third kappa shape index (κ3) is 3.26. The second-order valence-electron chi connectivity index (χ2n) is 6.52. The first-order valence-corrected chi connectivity index (χ1v) is 8.97. The largest absolute Gasteiger partial charge is 0.347 e. The van der Waals surface area contributed by atoms with Gasteiger partial charge in [0.15, 0.2) is 11.5 Å². The number of hydrogen-bond acceptors (Lipinski definition) is 3. The molecule has 2 amide bonds. The highest BCUT2D eigenvalue weighted by atomic mass is 35.5. The summed E-state index contributed by atoms with van der Waals surface area (Å²) < 4.78 is 1.89. The Morgan fingerprint density at radius 2 is 1.96 bits per heavy atom. The van der Waals surface area contributed by atoms with Crippen molar-refractivity contribution in [2.45, 2.75) is 44.7 Å². The molecule has 0 spiro atoms. The molecule has 25 heavy (non-hydrogen) atoms. The molecule has 6 nitrogen and oxygen atoms in total. The van der Waals surface area contributed by atoms with Gasteiger partial charge in [-0.3, -0.25) is 9.59 Å². The molecule has 1 aromatic carbocycles. The Kier molecular flexibility index (Phi) is 4.21. The minimum atomic E-state index is -0.329. The van der Waals surface area contributed by atoms with Gasteiger partial charge in [-0.25, -0.2) is 4.98 Å². The van der Waals surface area contributed by atoms with Crippen LogP contribution in [0.2, 0.25) is 5.02 Å². The van der Waals surface area contributed by atoms with Gasteiger partial charge >= 0.3 is 0 Å². The second kappa shape index (κ2) is 6.52. The number of nitrogens with zero attached hydrogens (tertiary/aromatic N) is 2. The van der Waals surface area contributed by atoms with Gasteiger partial charge in [-0.1, -0.05) is 23.7 Å². The van der Waals surface area contributed by atoms with Crippen LogP contribution in [0.15, 0.2) is 24.3 Å². The summed E-state index contributed by atoms with van der Waals surface area (Å²) in [4.78, 5) is 29.6. The monoisotopic (exact) mass is 358 g/mol. The summed E-state index contributed by atoms with van der Waals surface area (Å²) in [5, 5.41) is 6.23. The first-order chi connectivity index (χ1) is 12.1. The zero-order valence-corrected chi connectivity index (χ0v) is 14.5. The van der Waals surface area contributed by atoms with Gasteiger partial charge in [0.25, 0.3) is 11.8 Å². The number of halogens is 1. The molecule has 2 aliphatic rings. The summed E-state index contributed by atoms with van der Waals surface area (Å²) in [5.41, 5.74) is 1.69. The molecular formula is C18H19ClN4O2. The van der Waals surface area contributed by atoms with Gasteiger partial charge in [0.2, 0.25) is 0 Å². The van der Waals surface area contributed by atoms with E-state index in [0.29, 0.717) is 22.2 Å². The van der Waals surface area contributed by atoms with E-state index in [1.165, 1.54) is 0 Å². The van der Waals surface area contributed by atoms with Crippen LogP contribution in [-0.4, -0.2) is 27.4 Å². The van der Waals surface area contributed by atoms with Crippen molar-refractivity contribution in [3.05, 3.63) is 46.5 Å². The number of rotatable bonds is 4. The molecule has 1 aliphatic carbocycles. The molecule has 2 aromatic rings. The summed E-state index contributed by atoms with van der Waals surface area (Å²) in [6.45, 7) is 0.717. The molecule has 1 fully saturated rings. The van der Waals surface area contributed by atoms with Crippen LogP contribution in [0.5, 0.6) is 0 Å². The third-order valence-electron chi connectivity index (χ3n) is 4.57. The maximum atomic E-state index is 12.7. The first-order valence-electron chi connectivity index (χ1n) is 8.59. The number of para-hydroxylation sites is 1. The van der Waals surface area contributed by atoms with Crippen LogP contribution in [-0.2, 0) is 13.0 Å². The van der Waals surface area contributed by atoms with E-state index in [1.807, 2.05) is 4.57 Å². The highest BCUT2D eigenvalue weighted by Gasteiger charge is 2.30. The number of amides is 2. The Morgan fingerprint density at radius 3 is 2.72 bits per heavy atom. The molecule has 2 heterocycles. The minimum Gasteiger partial charge on any atom is -0.347 e. The number of hydrogen-bond donors (Lipinski definition) is 2. The molecular weight excluding hydrogens is 340 g/mol. The van der Waals surface area contributed by atoms with E-state index in [9.17, 15) is 9.59 Å². The van der Waals surface area contributed by atoms with Crippen molar-refractivity contribution in [2.75, 3.05) is 5.32 Å². The number of fused-ring (bicyclic) bond motifs is 1. The lowest BCUT2D eigenvalue weighted by Crippen LogP contribution is -2.29. The van der Waals surface area contributed by atoms with Crippen LogP contribution in [0.4, 0.5) is 5.69 Å². The van der Waals surface area contributed by atoms with Crippen LogP contribution in [0.3, 0.4) is 0 Å². The number of carbonyl (C=O) groups excluding carboxylic acids is 2. The van der Waals surface area contributed by atoms with E-state index in [2.05, 4.69) is 15.6 Å². The Labute approximate surface area is 150 Å². The van der Waals surface area contributed by atoms with Gasteiger partial charge < -0.3 is 15.2 Å². The molecule has 0 saturated heterocycles. The predicted molar refractivity (Wildman–Crippen MR) is 95.1 cm³/mol. The molecule has 2 N–H and O–H groups in total. The lowest BCUT2D eigenvalue weighted by atomic mass is 10.1. The number of aromatic nitrogens is 2. The Morgan fingerprint density at radius 1 is 1.16 bits per heavy atom. The maximum absolute atomic E-state index is 12.7. The number of anilines is 1. The average Bonchev–Trinajstić information content (AvgIpc) is 3.33. The summed E-state index contributed by atoms with van der Waals surface area (Å²) in [5.74, 6) is -0.183. The SMILES string of the molecule is O=C(Nc1ccccc1Cl)c1nc(C(=O)NC2CC2)n2c1CCCC2. The van der Waals surface area contributed by atoms with Gasteiger partial charge in [0.05, 0.1) is 16.4 Å². The summed E-state index contributed by atoms with van der Waals surface area (Å²) in [7, 11) is 0. The fraction of sp³-hybridized carbons (Fsp3) is 0.389. The van der Waals surface area contributed by atoms with E-state index < -0.39 is 0 Å². The van der Waals surface area contributed by atoms with Gasteiger partial charge in [-0.05, 0) is 44.2 Å². The van der Waals surface area contributed by atoms with Crippen molar-refractivity contribution in [3.63, 3.8) is 0 Å². The van der Waals surface area contributed by atoms with Crippen LogP contribution in [0.1, 0.15) is 52.5 Å². The summed E-state index contributed by atoms with van der Waals surface area (Å²) in [6.07, 6.45) is 4.74. The zero-order chi connectivity index (χ0) is 17.4. The number of imidazole rings is 1. The average molecular weight is 359 g/mol. The Balaban J connectivity index is 1.64. The molecule has 4 rings (SSSR count). The second-order valence-corrected chi connectivity index (χ2v) is 6.93. The summed E-state index contributed by atoms with van der Waals surface area (Å²) in [6, 6.07) is 7.32. The molecule has 0 bridgehead atoms. The van der Waals surface area contributed by atoms with Crippen molar-refractivity contribution in [1.29, 1.82) is 0 Å². The molecule has 1 saturated carbocycles. The molecule has 7 heteroatoms. The first kappa shape index (κ1) is 16.1. The predicted octanol–water partition coefficient (Wildman–Crippen LogP) is 3.02. The quantitative estimate of drug-likeness (QED) is 0.882. The molecule has 0 atom stereocenters. The van der Waals surface area contributed by atoms with Gasteiger partial charge in [0, 0.05) is 12.6 Å². The van der Waals surface area contributed by atoms with E-state index in [4.69, 9.17) is 11.6 Å². The highest BCUT2D eigenvalue weighted by Crippen LogP contribution is 2.25. The van der Waals surface area contributed by atoms with Crippen LogP contribution in [0.25, 0.3) is 0 Å². The zero-order valence-electron chi connectivity index (χ0n) is 13.7. The lowest BCUT2D eigenvalue weighted by molar-refractivity contribution is 0.0935. The molecule has 0 unspecified atom stereocenters. The number of benzene rings is 1. The van der Waals surface area contributed by atoms with E-state index >= 15 is 0 Å². The van der Waals surface area contributed by atoms with Crippen molar-refractivity contribution >= 4 is 29.1 Å². The standard InChI is InChI=1S/C18H19ClN4O2/c19-12-5-1-2-6-13(12)21-17(24)15-14-7-3-4-10-23(14)16(22-15)18(25)20-11-8-9-11/h1-2,5-6,11H,3-4,7-10H2,(H,20,25)(H,21,24). The van der Waals surface area contributed by atoms with Crippen molar-refractivity contribution in [2.24, 2.45) is 0 Å². The van der Waals surface area contributed by atoms with Gasteiger partial charge in [-0.15, -0.1) is 0 Å². The number of nitrogens with one attached hydrogen (secondary N) is 2. The molecule has 1 aromatic heterocycles. The summed E-state index contributed by atoms with van der Waals surface area (Å²) >= 11 is 6.11.